The van der Waals surface area contributed by atoms with Gasteiger partial charge >= 0.3 is 11.6 Å². The van der Waals surface area contributed by atoms with Crippen LogP contribution in [-0.4, -0.2) is 12.6 Å². The number of ether oxygens (including phenoxy) is 1. The van der Waals surface area contributed by atoms with Gasteiger partial charge in [0.25, 0.3) is 0 Å². The van der Waals surface area contributed by atoms with Crippen LogP contribution in [0.1, 0.15) is 48.4 Å². The summed E-state index contributed by atoms with van der Waals surface area (Å²) in [6, 6.07) is 1.74. The molecule has 1 heterocycles. The minimum atomic E-state index is -0.610. The van der Waals surface area contributed by atoms with Crippen molar-refractivity contribution in [3.63, 3.8) is 0 Å². The molecule has 0 aliphatic carbocycles. The Balaban J connectivity index is 3.02. The molecule has 17 heavy (non-hydrogen) atoms. The molecule has 0 radical (unpaired) electrons. The van der Waals surface area contributed by atoms with Crippen LogP contribution in [0, 0.1) is 6.92 Å². The fourth-order valence-corrected chi connectivity index (χ4v) is 1.60. The molecular weight excluding hydrogens is 220 g/mol. The molecule has 0 saturated heterocycles. The van der Waals surface area contributed by atoms with Crippen molar-refractivity contribution in [2.75, 3.05) is 6.61 Å². The maximum absolute atomic E-state index is 11.7. The molecule has 1 aromatic rings. The van der Waals surface area contributed by atoms with E-state index >= 15 is 0 Å². The number of aryl methyl sites for hydroxylation is 2. The molecule has 0 amide bonds. The summed E-state index contributed by atoms with van der Waals surface area (Å²) in [6.07, 6.45) is 2.71. The average molecular weight is 238 g/mol. The van der Waals surface area contributed by atoms with Crippen molar-refractivity contribution in [1.29, 1.82) is 0 Å². The lowest BCUT2D eigenvalue weighted by molar-refractivity contribution is 0.0520. The van der Waals surface area contributed by atoms with Crippen LogP contribution in [0.4, 0.5) is 0 Å². The van der Waals surface area contributed by atoms with Gasteiger partial charge in [0.05, 0.1) is 6.61 Å². The van der Waals surface area contributed by atoms with Crippen LogP contribution in [0.15, 0.2) is 15.3 Å². The first-order valence-electron chi connectivity index (χ1n) is 5.90. The van der Waals surface area contributed by atoms with Gasteiger partial charge in [0.2, 0.25) is 0 Å². The van der Waals surface area contributed by atoms with E-state index in [1.54, 1.807) is 19.9 Å². The third kappa shape index (κ3) is 3.44. The van der Waals surface area contributed by atoms with Crippen LogP contribution >= 0.6 is 0 Å². The van der Waals surface area contributed by atoms with E-state index in [-0.39, 0.29) is 12.2 Å². The zero-order chi connectivity index (χ0) is 12.8. The van der Waals surface area contributed by atoms with E-state index < -0.39 is 11.6 Å². The average Bonchev–Trinajstić information content (AvgIpc) is 2.25. The Bertz CT molecular complexity index is 445. The largest absolute Gasteiger partial charge is 0.462 e. The van der Waals surface area contributed by atoms with Crippen LogP contribution in [0.25, 0.3) is 0 Å². The first kappa shape index (κ1) is 13.5. The lowest BCUT2D eigenvalue weighted by Crippen LogP contribution is -2.19. The van der Waals surface area contributed by atoms with Crippen molar-refractivity contribution in [3.05, 3.63) is 33.4 Å². The molecule has 0 bridgehead atoms. The summed E-state index contributed by atoms with van der Waals surface area (Å²) >= 11 is 0. The van der Waals surface area contributed by atoms with Crippen LogP contribution in [-0.2, 0) is 11.2 Å². The molecule has 1 aromatic heterocycles. The molecule has 0 saturated carbocycles. The molecule has 0 spiro atoms. The van der Waals surface area contributed by atoms with E-state index in [1.165, 1.54) is 0 Å². The Labute approximate surface area is 101 Å². The number of esters is 1. The van der Waals surface area contributed by atoms with E-state index in [0.29, 0.717) is 11.3 Å². The summed E-state index contributed by atoms with van der Waals surface area (Å²) in [5, 5.41) is 0. The molecule has 4 nitrogen and oxygen atoms in total. The van der Waals surface area contributed by atoms with Gasteiger partial charge in [-0.2, -0.15) is 0 Å². The number of hydrogen-bond donors (Lipinski definition) is 0. The maximum atomic E-state index is 11.7. The second-order valence-electron chi connectivity index (χ2n) is 3.88. The van der Waals surface area contributed by atoms with Crippen molar-refractivity contribution in [1.82, 2.24) is 0 Å². The minimum Gasteiger partial charge on any atom is -0.462 e. The van der Waals surface area contributed by atoms with E-state index in [2.05, 4.69) is 6.92 Å². The van der Waals surface area contributed by atoms with E-state index in [1.807, 2.05) is 0 Å². The minimum absolute atomic E-state index is 0.00657. The summed E-state index contributed by atoms with van der Waals surface area (Å²) in [5.74, 6) is 0.0168. The third-order valence-electron chi connectivity index (χ3n) is 2.46. The summed E-state index contributed by atoms with van der Waals surface area (Å²) in [5.41, 5.74) is 0.0208. The normalized spacial score (nSPS) is 10.3. The Morgan fingerprint density at radius 2 is 2.12 bits per heavy atom. The quantitative estimate of drug-likeness (QED) is 0.739. The molecule has 0 aliphatic heterocycles. The molecule has 0 unspecified atom stereocenters. The molecule has 0 aromatic carbocycles. The van der Waals surface area contributed by atoms with E-state index in [4.69, 9.17) is 9.15 Å². The Hall–Kier alpha value is -1.58. The van der Waals surface area contributed by atoms with Crippen LogP contribution < -0.4 is 5.63 Å². The van der Waals surface area contributed by atoms with Gasteiger partial charge < -0.3 is 9.15 Å². The standard InChI is InChI=1S/C13H18O4/c1-4-6-7-10-8-9(3)11(13(15)17-10)12(14)16-5-2/h8H,4-7H2,1-3H3. The topological polar surface area (TPSA) is 56.5 Å². The predicted molar refractivity (Wildman–Crippen MR) is 64.3 cm³/mol. The SMILES string of the molecule is CCCCc1cc(C)c(C(=O)OCC)c(=O)o1. The maximum Gasteiger partial charge on any atom is 0.350 e. The monoisotopic (exact) mass is 238 g/mol. The highest BCUT2D eigenvalue weighted by Gasteiger charge is 2.17. The summed E-state index contributed by atoms with van der Waals surface area (Å²) < 4.78 is 9.91. The van der Waals surface area contributed by atoms with Crippen LogP contribution in [0.2, 0.25) is 0 Å². The number of carbonyl (C=O) groups is 1. The number of rotatable bonds is 5. The Morgan fingerprint density at radius 1 is 1.41 bits per heavy atom. The molecule has 4 heteroatoms. The lowest BCUT2D eigenvalue weighted by Gasteiger charge is -2.05. The summed E-state index contributed by atoms with van der Waals surface area (Å²) in [4.78, 5) is 23.2. The number of unbranched alkanes of at least 4 members (excludes halogenated alkanes) is 1. The lowest BCUT2D eigenvalue weighted by atomic mass is 10.1. The molecule has 0 atom stereocenters. The van der Waals surface area contributed by atoms with Gasteiger partial charge in [-0.05, 0) is 31.9 Å². The molecule has 0 N–H and O–H groups in total. The van der Waals surface area contributed by atoms with Gasteiger partial charge in [0.15, 0.2) is 0 Å². The van der Waals surface area contributed by atoms with E-state index in [9.17, 15) is 9.59 Å². The van der Waals surface area contributed by atoms with Crippen molar-refractivity contribution in [3.8, 4) is 0 Å². The fourth-order valence-electron chi connectivity index (χ4n) is 1.60. The van der Waals surface area contributed by atoms with Gasteiger partial charge in [-0.3, -0.25) is 0 Å². The second kappa shape index (κ2) is 6.23. The highest BCUT2D eigenvalue weighted by atomic mass is 16.5. The zero-order valence-electron chi connectivity index (χ0n) is 10.5. The predicted octanol–water partition coefficient (Wildman–Crippen LogP) is 2.47. The molecule has 1 rings (SSSR count). The smallest absolute Gasteiger partial charge is 0.350 e. The van der Waals surface area contributed by atoms with Gasteiger partial charge in [-0.15, -0.1) is 0 Å². The summed E-state index contributed by atoms with van der Waals surface area (Å²) in [6.45, 7) is 5.73. The highest BCUT2D eigenvalue weighted by Crippen LogP contribution is 2.10. The summed E-state index contributed by atoms with van der Waals surface area (Å²) in [7, 11) is 0. The molecule has 94 valence electrons. The Morgan fingerprint density at radius 3 is 2.65 bits per heavy atom. The van der Waals surface area contributed by atoms with Crippen molar-refractivity contribution in [2.45, 2.75) is 40.0 Å². The first-order valence-corrected chi connectivity index (χ1v) is 5.90. The number of hydrogen-bond acceptors (Lipinski definition) is 4. The fraction of sp³-hybridized carbons (Fsp3) is 0.538. The van der Waals surface area contributed by atoms with Gasteiger partial charge in [0, 0.05) is 6.42 Å². The zero-order valence-corrected chi connectivity index (χ0v) is 10.5. The third-order valence-corrected chi connectivity index (χ3v) is 2.46. The van der Waals surface area contributed by atoms with Crippen LogP contribution in [0.5, 0.6) is 0 Å². The van der Waals surface area contributed by atoms with Gasteiger partial charge in [-0.1, -0.05) is 13.3 Å². The number of carbonyl (C=O) groups excluding carboxylic acids is 1. The van der Waals surface area contributed by atoms with Crippen LogP contribution in [0.3, 0.4) is 0 Å². The second-order valence-corrected chi connectivity index (χ2v) is 3.88. The van der Waals surface area contributed by atoms with E-state index in [0.717, 1.165) is 19.3 Å². The van der Waals surface area contributed by atoms with Gasteiger partial charge in [0.1, 0.15) is 11.3 Å². The molecule has 0 fully saturated rings. The highest BCUT2D eigenvalue weighted by molar-refractivity contribution is 5.90. The van der Waals surface area contributed by atoms with Crippen molar-refractivity contribution < 1.29 is 13.9 Å². The van der Waals surface area contributed by atoms with Crippen molar-refractivity contribution >= 4 is 5.97 Å². The first-order chi connectivity index (χ1) is 8.10. The molecule has 0 aliphatic rings. The van der Waals surface area contributed by atoms with Gasteiger partial charge in [-0.25, -0.2) is 9.59 Å². The molecular formula is C13H18O4. The van der Waals surface area contributed by atoms with Crippen molar-refractivity contribution in [2.24, 2.45) is 0 Å². The Kier molecular flexibility index (Phi) is 4.94.